The molecule has 1 saturated heterocycles. The van der Waals surface area contributed by atoms with Gasteiger partial charge in [0, 0.05) is 31.2 Å². The van der Waals surface area contributed by atoms with E-state index >= 15 is 0 Å². The SMILES string of the molecule is O=c1c(=O)n2c(nn1CC1CCCCC1)COC1(CCN(Cc3cccc(Cl)c3)C1)C2. The van der Waals surface area contributed by atoms with Crippen LogP contribution >= 0.6 is 11.6 Å². The van der Waals surface area contributed by atoms with Gasteiger partial charge in [0.15, 0.2) is 5.82 Å². The monoisotopic (exact) mass is 444 g/mol. The predicted octanol–water partition coefficient (Wildman–Crippen LogP) is 2.81. The van der Waals surface area contributed by atoms with Crippen LogP contribution in [0.4, 0.5) is 0 Å². The zero-order valence-corrected chi connectivity index (χ0v) is 18.5. The van der Waals surface area contributed by atoms with Crippen molar-refractivity contribution in [3.05, 3.63) is 61.4 Å². The number of nitrogens with zero attached hydrogens (tertiary/aromatic N) is 4. The lowest BCUT2D eigenvalue weighted by molar-refractivity contribution is -0.0860. The zero-order valence-electron chi connectivity index (χ0n) is 17.8. The van der Waals surface area contributed by atoms with Crippen molar-refractivity contribution in [2.24, 2.45) is 5.92 Å². The molecular formula is C23H29ClN4O3. The minimum atomic E-state index is -0.500. The Morgan fingerprint density at radius 1 is 1.13 bits per heavy atom. The Bertz CT molecular complexity index is 1080. The van der Waals surface area contributed by atoms with Gasteiger partial charge in [-0.3, -0.25) is 19.1 Å². The maximum Gasteiger partial charge on any atom is 0.332 e. The summed E-state index contributed by atoms with van der Waals surface area (Å²) in [6.45, 7) is 3.58. The van der Waals surface area contributed by atoms with Gasteiger partial charge in [0.25, 0.3) is 0 Å². The highest BCUT2D eigenvalue weighted by atomic mass is 35.5. The normalized spacial score (nSPS) is 24.5. The van der Waals surface area contributed by atoms with E-state index in [4.69, 9.17) is 16.3 Å². The van der Waals surface area contributed by atoms with E-state index in [1.54, 1.807) is 4.57 Å². The van der Waals surface area contributed by atoms with Gasteiger partial charge in [0.1, 0.15) is 12.2 Å². The molecule has 1 aromatic carbocycles. The van der Waals surface area contributed by atoms with Crippen molar-refractivity contribution >= 4 is 11.6 Å². The van der Waals surface area contributed by atoms with Crippen LogP contribution in [0.5, 0.6) is 0 Å². The number of likely N-dealkylation sites (tertiary alicyclic amines) is 1. The van der Waals surface area contributed by atoms with Crippen molar-refractivity contribution < 1.29 is 4.74 Å². The number of aromatic nitrogens is 3. The van der Waals surface area contributed by atoms with Gasteiger partial charge in [0.05, 0.1) is 6.54 Å². The summed E-state index contributed by atoms with van der Waals surface area (Å²) in [6, 6.07) is 7.88. The van der Waals surface area contributed by atoms with Gasteiger partial charge in [-0.2, -0.15) is 5.10 Å². The summed E-state index contributed by atoms with van der Waals surface area (Å²) in [5.41, 5.74) is -0.249. The van der Waals surface area contributed by atoms with Crippen LogP contribution in [0.25, 0.3) is 0 Å². The second-order valence-corrected chi connectivity index (χ2v) is 9.80. The third-order valence-electron chi connectivity index (χ3n) is 7.01. The van der Waals surface area contributed by atoms with E-state index in [9.17, 15) is 9.59 Å². The van der Waals surface area contributed by atoms with Crippen LogP contribution in [0, 0.1) is 5.92 Å². The molecule has 166 valence electrons. The van der Waals surface area contributed by atoms with Crippen LogP contribution in [-0.2, 0) is 31.0 Å². The first-order valence-corrected chi connectivity index (χ1v) is 11.7. The minimum absolute atomic E-state index is 0.269. The van der Waals surface area contributed by atoms with Crippen molar-refractivity contribution in [2.45, 2.75) is 70.4 Å². The van der Waals surface area contributed by atoms with Gasteiger partial charge in [-0.15, -0.1) is 0 Å². The molecule has 8 heteroatoms. The fourth-order valence-electron chi connectivity index (χ4n) is 5.34. The largest absolute Gasteiger partial charge is 0.364 e. The van der Waals surface area contributed by atoms with Crippen LogP contribution in [-0.4, -0.2) is 37.9 Å². The number of fused-ring (bicyclic) bond motifs is 1. The average molecular weight is 445 g/mol. The van der Waals surface area contributed by atoms with Gasteiger partial charge < -0.3 is 4.74 Å². The lowest BCUT2D eigenvalue weighted by atomic mass is 9.89. The molecule has 1 spiro atoms. The van der Waals surface area contributed by atoms with Crippen molar-refractivity contribution in [2.75, 3.05) is 13.1 Å². The zero-order chi connectivity index (χ0) is 21.4. The van der Waals surface area contributed by atoms with E-state index in [-0.39, 0.29) is 6.61 Å². The molecule has 0 N–H and O–H groups in total. The van der Waals surface area contributed by atoms with Crippen molar-refractivity contribution in [3.63, 3.8) is 0 Å². The maximum absolute atomic E-state index is 12.9. The molecule has 31 heavy (non-hydrogen) atoms. The van der Waals surface area contributed by atoms with Crippen molar-refractivity contribution in [3.8, 4) is 0 Å². The summed E-state index contributed by atoms with van der Waals surface area (Å²) < 4.78 is 9.24. The molecule has 2 fully saturated rings. The highest BCUT2D eigenvalue weighted by Gasteiger charge is 2.43. The van der Waals surface area contributed by atoms with Gasteiger partial charge in [-0.25, -0.2) is 4.68 Å². The molecule has 3 heterocycles. The third-order valence-corrected chi connectivity index (χ3v) is 7.25. The second kappa shape index (κ2) is 8.52. The van der Waals surface area contributed by atoms with Crippen LogP contribution in [0.3, 0.4) is 0 Å². The Labute approximate surface area is 186 Å². The second-order valence-electron chi connectivity index (χ2n) is 9.36. The summed E-state index contributed by atoms with van der Waals surface area (Å²) in [5.74, 6) is 1.01. The summed E-state index contributed by atoms with van der Waals surface area (Å²) in [5, 5.41) is 5.27. The molecule has 1 aromatic heterocycles. The topological polar surface area (TPSA) is 69.4 Å². The lowest BCUT2D eigenvalue weighted by Gasteiger charge is -2.35. The maximum atomic E-state index is 12.9. The van der Waals surface area contributed by atoms with Crippen LogP contribution in [0.15, 0.2) is 33.9 Å². The molecule has 0 bridgehead atoms. The molecule has 1 atom stereocenters. The van der Waals surface area contributed by atoms with Gasteiger partial charge in [0.2, 0.25) is 0 Å². The van der Waals surface area contributed by atoms with E-state index in [0.717, 1.165) is 49.5 Å². The first-order valence-electron chi connectivity index (χ1n) is 11.3. The lowest BCUT2D eigenvalue weighted by Crippen LogP contribution is -2.53. The number of benzene rings is 1. The fourth-order valence-corrected chi connectivity index (χ4v) is 5.56. The molecule has 2 aromatic rings. The highest BCUT2D eigenvalue weighted by Crippen LogP contribution is 2.32. The molecule has 0 radical (unpaired) electrons. The minimum Gasteiger partial charge on any atom is -0.364 e. The van der Waals surface area contributed by atoms with Gasteiger partial charge in [-0.05, 0) is 42.9 Å². The Morgan fingerprint density at radius 3 is 2.77 bits per heavy atom. The van der Waals surface area contributed by atoms with E-state index in [2.05, 4.69) is 16.1 Å². The fraction of sp³-hybridized carbons (Fsp3) is 0.609. The Morgan fingerprint density at radius 2 is 1.97 bits per heavy atom. The molecule has 2 aliphatic heterocycles. The molecule has 0 amide bonds. The molecule has 1 unspecified atom stereocenters. The number of ether oxygens (including phenoxy) is 1. The summed E-state index contributed by atoms with van der Waals surface area (Å²) >= 11 is 6.12. The summed E-state index contributed by atoms with van der Waals surface area (Å²) in [7, 11) is 0. The van der Waals surface area contributed by atoms with Crippen LogP contribution in [0.1, 0.15) is 49.9 Å². The molecule has 1 aliphatic carbocycles. The van der Waals surface area contributed by atoms with Crippen molar-refractivity contribution in [1.82, 2.24) is 19.2 Å². The first-order chi connectivity index (χ1) is 15.0. The standard InChI is InChI=1S/C23H29ClN4O3/c24-19-8-4-7-18(11-19)12-26-10-9-23(15-26)16-27-20(14-31-23)25-28(22(30)21(27)29)13-17-5-2-1-3-6-17/h4,7-8,11,17H,1-3,5-6,9-10,12-16H2. The number of hydrogen-bond donors (Lipinski definition) is 0. The Balaban J connectivity index is 1.32. The quantitative estimate of drug-likeness (QED) is 0.678. The van der Waals surface area contributed by atoms with Crippen LogP contribution < -0.4 is 11.1 Å². The molecule has 3 aliphatic rings. The van der Waals surface area contributed by atoms with Gasteiger partial charge >= 0.3 is 11.1 Å². The predicted molar refractivity (Wildman–Crippen MR) is 118 cm³/mol. The Hall–Kier alpha value is -1.96. The summed E-state index contributed by atoms with van der Waals surface area (Å²) in [4.78, 5) is 28.0. The van der Waals surface area contributed by atoms with E-state index < -0.39 is 16.7 Å². The Kier molecular flexibility index (Phi) is 5.75. The molecule has 7 nitrogen and oxygen atoms in total. The molecule has 5 rings (SSSR count). The first kappa shape index (κ1) is 20.9. The number of hydrogen-bond acceptors (Lipinski definition) is 5. The average Bonchev–Trinajstić information content (AvgIpc) is 3.15. The molecule has 1 saturated carbocycles. The van der Waals surface area contributed by atoms with Crippen LogP contribution in [0.2, 0.25) is 5.02 Å². The van der Waals surface area contributed by atoms with Gasteiger partial charge in [-0.1, -0.05) is 43.0 Å². The van der Waals surface area contributed by atoms with E-state index in [0.29, 0.717) is 24.8 Å². The summed E-state index contributed by atoms with van der Waals surface area (Å²) in [6.07, 6.45) is 6.69. The van der Waals surface area contributed by atoms with E-state index in [1.807, 2.05) is 18.2 Å². The number of rotatable bonds is 4. The third kappa shape index (κ3) is 4.36. The van der Waals surface area contributed by atoms with Crippen molar-refractivity contribution in [1.29, 1.82) is 0 Å². The van der Waals surface area contributed by atoms with E-state index in [1.165, 1.54) is 23.9 Å². The number of halogens is 1. The molecular weight excluding hydrogens is 416 g/mol. The smallest absolute Gasteiger partial charge is 0.332 e. The highest BCUT2D eigenvalue weighted by molar-refractivity contribution is 6.30.